The molecule has 2 aromatic rings. The van der Waals surface area contributed by atoms with Gasteiger partial charge >= 0.3 is 6.61 Å². The van der Waals surface area contributed by atoms with Crippen molar-refractivity contribution in [3.05, 3.63) is 52.8 Å². The van der Waals surface area contributed by atoms with Crippen molar-refractivity contribution in [2.75, 3.05) is 5.32 Å². The molecule has 1 aromatic heterocycles. The van der Waals surface area contributed by atoms with Crippen LogP contribution in [0.2, 0.25) is 5.02 Å². The molecule has 0 radical (unpaired) electrons. The second kappa shape index (κ2) is 5.85. The summed E-state index contributed by atoms with van der Waals surface area (Å²) >= 11 is 5.95. The number of hydrogen-bond acceptors (Lipinski definition) is 3. The lowest BCUT2D eigenvalue weighted by atomic mass is 10.2. The van der Waals surface area contributed by atoms with Gasteiger partial charge in [0.2, 0.25) is 0 Å². The molecule has 1 aliphatic carbocycles. The zero-order chi connectivity index (χ0) is 14.8. The second-order valence-electron chi connectivity index (χ2n) is 4.81. The summed E-state index contributed by atoms with van der Waals surface area (Å²) in [4.78, 5) is 4.40. The fourth-order valence-corrected chi connectivity index (χ4v) is 2.76. The Hall–Kier alpha value is -1.88. The number of ether oxygens (including phenoxy) is 1. The fraction of sp³-hybridized carbons (Fsp3) is 0.267. The molecule has 0 spiro atoms. The minimum Gasteiger partial charge on any atom is -0.433 e. The van der Waals surface area contributed by atoms with E-state index in [1.54, 1.807) is 18.3 Å². The number of aryl methyl sites for hydroxylation is 1. The Morgan fingerprint density at radius 1 is 1.33 bits per heavy atom. The average molecular weight is 311 g/mol. The van der Waals surface area contributed by atoms with Gasteiger partial charge in [0.05, 0.1) is 16.8 Å². The van der Waals surface area contributed by atoms with E-state index < -0.39 is 6.61 Å². The minimum absolute atomic E-state index is 0.0258. The van der Waals surface area contributed by atoms with Crippen LogP contribution in [0.5, 0.6) is 5.75 Å². The Bertz CT molecular complexity index is 651. The standard InChI is InChI=1S/C15H13ClF2N2O/c16-11-8-10(4-6-13(11)21-15(17)18)20-12-5-3-9-2-1-7-19-14(9)12/h1-2,4,6-8,12,15,20H,3,5H2. The van der Waals surface area contributed by atoms with Gasteiger partial charge in [-0.05, 0) is 42.7 Å². The molecule has 0 amide bonds. The molecule has 110 valence electrons. The van der Waals surface area contributed by atoms with E-state index >= 15 is 0 Å². The molecule has 6 heteroatoms. The van der Waals surface area contributed by atoms with Crippen LogP contribution in [-0.4, -0.2) is 11.6 Å². The number of nitrogens with zero attached hydrogens (tertiary/aromatic N) is 1. The molecular formula is C15H13ClF2N2O. The van der Waals surface area contributed by atoms with Crippen LogP contribution in [0.25, 0.3) is 0 Å². The van der Waals surface area contributed by atoms with Gasteiger partial charge in [0.25, 0.3) is 0 Å². The van der Waals surface area contributed by atoms with Crippen molar-refractivity contribution in [3.8, 4) is 5.75 Å². The molecule has 1 atom stereocenters. The van der Waals surface area contributed by atoms with Gasteiger partial charge in [0.1, 0.15) is 5.75 Å². The molecular weight excluding hydrogens is 298 g/mol. The van der Waals surface area contributed by atoms with E-state index in [1.807, 2.05) is 6.07 Å². The third kappa shape index (κ3) is 3.08. The SMILES string of the molecule is FC(F)Oc1ccc(NC2CCc3cccnc32)cc1Cl. The zero-order valence-corrected chi connectivity index (χ0v) is 11.8. The molecule has 0 bridgehead atoms. The quantitative estimate of drug-likeness (QED) is 0.906. The molecule has 1 heterocycles. The van der Waals surface area contributed by atoms with Gasteiger partial charge in [-0.2, -0.15) is 8.78 Å². The number of halogens is 3. The number of alkyl halides is 2. The van der Waals surface area contributed by atoms with E-state index in [-0.39, 0.29) is 16.8 Å². The highest BCUT2D eigenvalue weighted by atomic mass is 35.5. The topological polar surface area (TPSA) is 34.1 Å². The summed E-state index contributed by atoms with van der Waals surface area (Å²) in [6.45, 7) is -2.88. The highest BCUT2D eigenvalue weighted by Gasteiger charge is 2.23. The predicted molar refractivity (Wildman–Crippen MR) is 77.0 cm³/mol. The maximum absolute atomic E-state index is 12.2. The first-order valence-electron chi connectivity index (χ1n) is 6.58. The van der Waals surface area contributed by atoms with Gasteiger partial charge in [-0.25, -0.2) is 0 Å². The first-order valence-corrected chi connectivity index (χ1v) is 6.96. The Morgan fingerprint density at radius 2 is 2.19 bits per heavy atom. The van der Waals surface area contributed by atoms with Gasteiger partial charge in [-0.1, -0.05) is 17.7 Å². The molecule has 0 aliphatic heterocycles. The molecule has 3 nitrogen and oxygen atoms in total. The Labute approximate surface area is 125 Å². The van der Waals surface area contributed by atoms with Crippen molar-refractivity contribution in [1.82, 2.24) is 4.98 Å². The van der Waals surface area contributed by atoms with Crippen molar-refractivity contribution < 1.29 is 13.5 Å². The molecule has 1 unspecified atom stereocenters. The highest BCUT2D eigenvalue weighted by molar-refractivity contribution is 6.32. The highest BCUT2D eigenvalue weighted by Crippen LogP contribution is 2.34. The number of anilines is 1. The van der Waals surface area contributed by atoms with E-state index in [2.05, 4.69) is 21.1 Å². The predicted octanol–water partition coefficient (Wildman–Crippen LogP) is 4.44. The second-order valence-corrected chi connectivity index (χ2v) is 5.21. The van der Waals surface area contributed by atoms with Crippen molar-refractivity contribution in [3.63, 3.8) is 0 Å². The number of benzene rings is 1. The maximum Gasteiger partial charge on any atom is 0.387 e. The summed E-state index contributed by atoms with van der Waals surface area (Å²) in [5, 5.41) is 3.48. The van der Waals surface area contributed by atoms with Gasteiger partial charge < -0.3 is 10.1 Å². The van der Waals surface area contributed by atoms with Gasteiger partial charge in [-0.3, -0.25) is 4.98 Å². The molecule has 1 aromatic carbocycles. The summed E-state index contributed by atoms with van der Waals surface area (Å²) in [6.07, 6.45) is 3.69. The molecule has 0 saturated heterocycles. The number of fused-ring (bicyclic) bond motifs is 1. The van der Waals surface area contributed by atoms with Crippen molar-refractivity contribution in [1.29, 1.82) is 0 Å². The third-order valence-electron chi connectivity index (χ3n) is 3.45. The van der Waals surface area contributed by atoms with Gasteiger partial charge in [0.15, 0.2) is 0 Å². The zero-order valence-electron chi connectivity index (χ0n) is 11.0. The molecule has 1 aliphatic rings. The van der Waals surface area contributed by atoms with Crippen LogP contribution in [-0.2, 0) is 6.42 Å². The van der Waals surface area contributed by atoms with Crippen LogP contribution in [0.4, 0.5) is 14.5 Å². The van der Waals surface area contributed by atoms with Gasteiger partial charge in [0, 0.05) is 11.9 Å². The van der Waals surface area contributed by atoms with Gasteiger partial charge in [-0.15, -0.1) is 0 Å². The number of rotatable bonds is 4. The number of aromatic nitrogens is 1. The molecule has 0 fully saturated rings. The summed E-state index contributed by atoms with van der Waals surface area (Å²) in [6, 6.07) is 8.79. The van der Waals surface area contributed by atoms with E-state index in [0.717, 1.165) is 24.2 Å². The van der Waals surface area contributed by atoms with E-state index in [0.29, 0.717) is 0 Å². The number of hydrogen-bond donors (Lipinski definition) is 1. The lowest BCUT2D eigenvalue weighted by Gasteiger charge is -2.16. The van der Waals surface area contributed by atoms with E-state index in [9.17, 15) is 8.78 Å². The maximum atomic E-state index is 12.2. The summed E-state index contributed by atoms with van der Waals surface area (Å²) < 4.78 is 28.7. The van der Waals surface area contributed by atoms with Crippen molar-refractivity contribution in [2.24, 2.45) is 0 Å². The van der Waals surface area contributed by atoms with Crippen LogP contribution < -0.4 is 10.1 Å². The summed E-state index contributed by atoms with van der Waals surface area (Å²) in [7, 11) is 0. The Kier molecular flexibility index (Phi) is 3.92. The van der Waals surface area contributed by atoms with Crippen LogP contribution in [0, 0.1) is 0 Å². The molecule has 1 N–H and O–H groups in total. The van der Waals surface area contributed by atoms with E-state index in [4.69, 9.17) is 11.6 Å². The van der Waals surface area contributed by atoms with Crippen molar-refractivity contribution in [2.45, 2.75) is 25.5 Å². The van der Waals surface area contributed by atoms with Crippen LogP contribution >= 0.6 is 11.6 Å². The van der Waals surface area contributed by atoms with Crippen LogP contribution in [0.1, 0.15) is 23.7 Å². The third-order valence-corrected chi connectivity index (χ3v) is 3.74. The smallest absolute Gasteiger partial charge is 0.387 e. The minimum atomic E-state index is -2.88. The first-order chi connectivity index (χ1) is 10.1. The summed E-state index contributed by atoms with van der Waals surface area (Å²) in [5.74, 6) is -0.0258. The van der Waals surface area contributed by atoms with E-state index in [1.165, 1.54) is 11.6 Å². The fourth-order valence-electron chi connectivity index (χ4n) is 2.54. The monoisotopic (exact) mass is 310 g/mol. The normalized spacial score (nSPS) is 16.9. The van der Waals surface area contributed by atoms with Crippen LogP contribution in [0.15, 0.2) is 36.5 Å². The molecule has 0 saturated carbocycles. The Morgan fingerprint density at radius 3 is 2.95 bits per heavy atom. The molecule has 3 rings (SSSR count). The summed E-state index contributed by atoms with van der Waals surface area (Å²) in [5.41, 5.74) is 3.02. The number of nitrogens with one attached hydrogen (secondary N) is 1. The number of pyridine rings is 1. The average Bonchev–Trinajstić information content (AvgIpc) is 2.85. The first kappa shape index (κ1) is 14.1. The molecule has 21 heavy (non-hydrogen) atoms. The van der Waals surface area contributed by atoms with Crippen LogP contribution in [0.3, 0.4) is 0 Å². The largest absolute Gasteiger partial charge is 0.433 e. The Balaban J connectivity index is 1.76. The van der Waals surface area contributed by atoms with Crippen molar-refractivity contribution >= 4 is 17.3 Å². The lowest BCUT2D eigenvalue weighted by molar-refractivity contribution is -0.0497. The lowest BCUT2D eigenvalue weighted by Crippen LogP contribution is -2.09.